The van der Waals surface area contributed by atoms with Crippen molar-refractivity contribution in [2.75, 3.05) is 26.2 Å². The van der Waals surface area contributed by atoms with E-state index in [1.807, 2.05) is 15.9 Å². The lowest BCUT2D eigenvalue weighted by atomic mass is 10.0. The smallest absolute Gasteiger partial charge is 0.226 e. The average Bonchev–Trinajstić information content (AvgIpc) is 3.71. The number of piperidine rings is 2. The first-order chi connectivity index (χ1) is 22.1. The van der Waals surface area contributed by atoms with Gasteiger partial charge in [-0.05, 0) is 49.9 Å². The van der Waals surface area contributed by atoms with Crippen LogP contribution in [-0.4, -0.2) is 82.4 Å². The number of nitrogens with zero attached hydrogens (tertiary/aromatic N) is 2. The maximum absolute atomic E-state index is 12.5. The normalized spacial score (nSPS) is 24.1. The van der Waals surface area contributed by atoms with E-state index in [0.717, 1.165) is 57.4 Å². The van der Waals surface area contributed by atoms with Crippen molar-refractivity contribution < 1.29 is 29.3 Å². The lowest BCUT2D eigenvalue weighted by Crippen LogP contribution is -2.44. The molecule has 3 fully saturated rings. The molecule has 250 valence electrons. The van der Waals surface area contributed by atoms with Crippen molar-refractivity contribution in [3.63, 3.8) is 0 Å². The molecular weight excluding hydrogens is 674 g/mol. The minimum atomic E-state index is -0.783. The second kappa shape index (κ2) is 16.3. The van der Waals surface area contributed by atoms with Crippen molar-refractivity contribution in [2.45, 2.75) is 75.8 Å². The van der Waals surface area contributed by atoms with E-state index in [4.69, 9.17) is 55.9 Å². The fourth-order valence-electron chi connectivity index (χ4n) is 6.40. The molecule has 0 bridgehead atoms. The summed E-state index contributed by atoms with van der Waals surface area (Å²) in [7, 11) is 0. The van der Waals surface area contributed by atoms with Crippen LogP contribution in [0.2, 0.25) is 20.1 Å². The highest BCUT2D eigenvalue weighted by Crippen LogP contribution is 2.32. The monoisotopic (exact) mass is 712 g/mol. The van der Waals surface area contributed by atoms with Gasteiger partial charge in [-0.1, -0.05) is 58.6 Å². The van der Waals surface area contributed by atoms with Crippen LogP contribution in [0.1, 0.15) is 51.4 Å². The third-order valence-corrected chi connectivity index (χ3v) is 10.6. The van der Waals surface area contributed by atoms with Crippen LogP contribution in [0.25, 0.3) is 0 Å². The Morgan fingerprint density at radius 1 is 0.609 bits per heavy atom. The molecule has 46 heavy (non-hydrogen) atoms. The van der Waals surface area contributed by atoms with Crippen molar-refractivity contribution in [3.8, 4) is 11.5 Å². The number of aliphatic hydroxyl groups excluding tert-OH is 2. The summed E-state index contributed by atoms with van der Waals surface area (Å²) >= 11 is 23.8. The number of hydrogen-bond acceptors (Lipinski definition) is 6. The van der Waals surface area contributed by atoms with E-state index in [1.165, 1.54) is 0 Å². The van der Waals surface area contributed by atoms with Gasteiger partial charge < -0.3 is 29.5 Å². The van der Waals surface area contributed by atoms with E-state index in [0.29, 0.717) is 51.8 Å². The predicted molar refractivity (Wildman–Crippen MR) is 180 cm³/mol. The molecule has 1 saturated carbocycles. The summed E-state index contributed by atoms with van der Waals surface area (Å²) in [5, 5.41) is 21.2. The molecule has 2 aliphatic carbocycles. The lowest BCUT2D eigenvalue weighted by molar-refractivity contribution is -0.138. The van der Waals surface area contributed by atoms with Crippen molar-refractivity contribution in [1.29, 1.82) is 0 Å². The van der Waals surface area contributed by atoms with Gasteiger partial charge in [-0.3, -0.25) is 9.59 Å². The number of allylic oxidation sites excluding steroid dienone is 2. The lowest BCUT2D eigenvalue weighted by Gasteiger charge is -2.33. The van der Waals surface area contributed by atoms with Crippen LogP contribution < -0.4 is 9.47 Å². The minimum absolute atomic E-state index is 0.0265. The van der Waals surface area contributed by atoms with Crippen molar-refractivity contribution in [2.24, 2.45) is 11.8 Å². The Labute approximate surface area is 290 Å². The van der Waals surface area contributed by atoms with Gasteiger partial charge in [0.25, 0.3) is 0 Å². The summed E-state index contributed by atoms with van der Waals surface area (Å²) in [5.74, 6) is 1.61. The van der Waals surface area contributed by atoms with Gasteiger partial charge in [-0.25, -0.2) is 0 Å². The maximum atomic E-state index is 12.5. The molecule has 2 saturated heterocycles. The SMILES string of the molecule is O=C(C1CC(O)C(O)C1)N1CCC(Oc2ccc(Cl)c(Cl)c2)CC1.O=C(C1CC=CC1)N1CCC(Oc2ccc(Cl)c(Cl)c2)CC1. The standard InChI is InChI=1S/C17H21Cl2NO4.C17H19Cl2NO2/c18-13-2-1-12(9-14(13)19)24-11-3-5-20(6-4-11)17(23)10-7-15(21)16(22)8-10;18-15-6-5-14(11-16(15)19)22-13-7-9-20(10-8-13)17(21)12-3-1-2-4-12/h1-2,9-11,15-16,21-22H,3-8H2;1-2,5-6,11-13H,3-4,7-10H2. The number of carbonyl (C=O) groups excluding carboxylic acids is 2. The molecule has 2 aromatic carbocycles. The number of carbonyl (C=O) groups is 2. The van der Waals surface area contributed by atoms with E-state index >= 15 is 0 Å². The first-order valence-electron chi connectivity index (χ1n) is 15.9. The molecule has 2 atom stereocenters. The maximum Gasteiger partial charge on any atom is 0.226 e. The van der Waals surface area contributed by atoms with Gasteiger partial charge in [0.15, 0.2) is 0 Å². The number of rotatable bonds is 6. The van der Waals surface area contributed by atoms with E-state index in [2.05, 4.69) is 12.2 Å². The quantitative estimate of drug-likeness (QED) is 0.319. The fourth-order valence-corrected chi connectivity index (χ4v) is 6.98. The molecule has 0 spiro atoms. The third-order valence-electron chi connectivity index (χ3n) is 9.10. The Hall–Kier alpha value is -2.20. The zero-order valence-corrected chi connectivity index (χ0v) is 28.5. The molecule has 2 N–H and O–H groups in total. The molecule has 4 aliphatic rings. The highest BCUT2D eigenvalue weighted by Gasteiger charge is 2.38. The molecule has 2 aromatic rings. The summed E-state index contributed by atoms with van der Waals surface area (Å²) in [6.45, 7) is 2.77. The highest BCUT2D eigenvalue weighted by molar-refractivity contribution is 6.42. The second-order valence-corrected chi connectivity index (χ2v) is 14.0. The van der Waals surface area contributed by atoms with Crippen LogP contribution in [0.15, 0.2) is 48.6 Å². The Balaban J connectivity index is 0.000000182. The van der Waals surface area contributed by atoms with Gasteiger partial charge in [0.05, 0.1) is 32.3 Å². The van der Waals surface area contributed by atoms with Gasteiger partial charge in [-0.2, -0.15) is 0 Å². The molecule has 6 rings (SSSR count). The highest BCUT2D eigenvalue weighted by atomic mass is 35.5. The van der Waals surface area contributed by atoms with E-state index < -0.39 is 12.2 Å². The third kappa shape index (κ3) is 9.24. The molecule has 8 nitrogen and oxygen atoms in total. The van der Waals surface area contributed by atoms with Gasteiger partial charge in [0.1, 0.15) is 23.7 Å². The zero-order valence-electron chi connectivity index (χ0n) is 25.5. The molecule has 2 aliphatic heterocycles. The number of ether oxygens (including phenoxy) is 2. The van der Waals surface area contributed by atoms with Crippen LogP contribution in [0.5, 0.6) is 11.5 Å². The van der Waals surface area contributed by atoms with Crippen molar-refractivity contribution in [1.82, 2.24) is 9.80 Å². The first-order valence-corrected chi connectivity index (χ1v) is 17.4. The average molecular weight is 715 g/mol. The Kier molecular flexibility index (Phi) is 12.4. The van der Waals surface area contributed by atoms with E-state index in [1.54, 1.807) is 30.3 Å². The summed E-state index contributed by atoms with van der Waals surface area (Å²) in [6, 6.07) is 10.5. The van der Waals surface area contributed by atoms with Crippen LogP contribution >= 0.6 is 46.4 Å². The minimum Gasteiger partial charge on any atom is -0.490 e. The van der Waals surface area contributed by atoms with Crippen LogP contribution in [-0.2, 0) is 9.59 Å². The topological polar surface area (TPSA) is 99.5 Å². The predicted octanol–water partition coefficient (Wildman–Crippen LogP) is 6.82. The molecule has 0 radical (unpaired) electrons. The molecule has 2 amide bonds. The molecule has 12 heteroatoms. The summed E-state index contributed by atoms with van der Waals surface area (Å²) in [6.07, 6.45) is 8.45. The first kappa shape index (κ1) is 35.1. The number of likely N-dealkylation sites (tertiary alicyclic amines) is 2. The summed E-state index contributed by atoms with van der Waals surface area (Å²) in [5.41, 5.74) is 0. The number of amides is 2. The van der Waals surface area contributed by atoms with Crippen molar-refractivity contribution >= 4 is 58.2 Å². The second-order valence-electron chi connectivity index (χ2n) is 12.4. The zero-order chi connectivity index (χ0) is 32.8. The van der Waals surface area contributed by atoms with Gasteiger partial charge in [0.2, 0.25) is 11.8 Å². The van der Waals surface area contributed by atoms with Crippen molar-refractivity contribution in [3.05, 3.63) is 68.6 Å². The number of benzene rings is 2. The Morgan fingerprint density at radius 2 is 1.00 bits per heavy atom. The largest absolute Gasteiger partial charge is 0.490 e. The van der Waals surface area contributed by atoms with E-state index in [-0.39, 0.29) is 35.9 Å². The van der Waals surface area contributed by atoms with Crippen LogP contribution in [0, 0.1) is 11.8 Å². The van der Waals surface area contributed by atoms with Crippen LogP contribution in [0.4, 0.5) is 0 Å². The molecule has 0 aromatic heterocycles. The number of aliphatic hydroxyl groups is 2. The van der Waals surface area contributed by atoms with Gasteiger partial charge >= 0.3 is 0 Å². The van der Waals surface area contributed by atoms with Gasteiger partial charge in [-0.15, -0.1) is 0 Å². The molecule has 2 unspecified atom stereocenters. The molecular formula is C34H40Cl4N2O6. The Bertz CT molecular complexity index is 1380. The van der Waals surface area contributed by atoms with E-state index in [9.17, 15) is 19.8 Å². The summed E-state index contributed by atoms with van der Waals surface area (Å²) < 4.78 is 11.9. The summed E-state index contributed by atoms with van der Waals surface area (Å²) in [4.78, 5) is 28.6. The number of hydrogen-bond donors (Lipinski definition) is 2. The number of halogens is 4. The van der Waals surface area contributed by atoms with Gasteiger partial charge in [0, 0.05) is 75.8 Å². The van der Waals surface area contributed by atoms with Crippen LogP contribution in [0.3, 0.4) is 0 Å². The fraction of sp³-hybridized carbons (Fsp3) is 0.529. The Morgan fingerprint density at radius 3 is 1.39 bits per heavy atom. The molecule has 2 heterocycles.